The van der Waals surface area contributed by atoms with Crippen molar-refractivity contribution in [2.45, 2.75) is 34.3 Å². The van der Waals surface area contributed by atoms with Crippen molar-refractivity contribution < 1.29 is 4.74 Å². The minimum atomic E-state index is 0.486. The second-order valence-electron chi connectivity index (χ2n) is 6.37. The number of rotatable bonds is 5. The van der Waals surface area contributed by atoms with Crippen LogP contribution in [0.3, 0.4) is 0 Å². The molecule has 3 aromatic rings. The van der Waals surface area contributed by atoms with Crippen molar-refractivity contribution in [1.82, 2.24) is 9.97 Å². The van der Waals surface area contributed by atoms with Crippen LogP contribution in [0.2, 0.25) is 0 Å². The molecule has 0 fully saturated rings. The first-order chi connectivity index (χ1) is 12.0. The normalized spacial score (nSPS) is 10.6. The Labute approximate surface area is 148 Å². The summed E-state index contributed by atoms with van der Waals surface area (Å²) >= 11 is 0. The number of aromatic nitrogens is 2. The van der Waals surface area contributed by atoms with Crippen LogP contribution in [0.4, 0.5) is 11.6 Å². The molecule has 1 N–H and O–H groups in total. The summed E-state index contributed by atoms with van der Waals surface area (Å²) in [4.78, 5) is 8.91. The molecular weight excluding hydrogens is 310 g/mol. The van der Waals surface area contributed by atoms with Crippen LogP contribution in [-0.4, -0.2) is 9.97 Å². The van der Waals surface area contributed by atoms with Crippen LogP contribution in [-0.2, 0) is 6.61 Å². The number of nitrogens with zero attached hydrogens (tertiary/aromatic N) is 2. The number of nitrogens with one attached hydrogen (secondary N) is 1. The van der Waals surface area contributed by atoms with Crippen LogP contribution in [0, 0.1) is 27.7 Å². The van der Waals surface area contributed by atoms with Crippen molar-refractivity contribution in [2.75, 3.05) is 5.32 Å². The molecule has 0 saturated heterocycles. The van der Waals surface area contributed by atoms with E-state index >= 15 is 0 Å². The molecule has 0 saturated carbocycles. The highest BCUT2D eigenvalue weighted by molar-refractivity contribution is 5.56. The lowest BCUT2D eigenvalue weighted by Gasteiger charge is -2.11. The second kappa shape index (κ2) is 7.34. The topological polar surface area (TPSA) is 47.0 Å². The Kier molecular flexibility index (Phi) is 4.98. The lowest BCUT2D eigenvalue weighted by atomic mass is 10.1. The maximum Gasteiger partial charge on any atom is 0.230 e. The molecular formula is C21H23N3O. The van der Waals surface area contributed by atoms with Crippen molar-refractivity contribution >= 4 is 11.6 Å². The largest absolute Gasteiger partial charge is 0.473 e. The number of hydrogen-bond acceptors (Lipinski definition) is 4. The molecule has 128 valence electrons. The Morgan fingerprint density at radius 3 is 2.32 bits per heavy atom. The molecule has 0 bridgehead atoms. The van der Waals surface area contributed by atoms with Crippen LogP contribution in [0.5, 0.6) is 5.88 Å². The van der Waals surface area contributed by atoms with Crippen LogP contribution >= 0.6 is 0 Å². The highest BCUT2D eigenvalue weighted by Gasteiger charge is 2.05. The Bertz CT molecular complexity index is 873. The van der Waals surface area contributed by atoms with Gasteiger partial charge < -0.3 is 10.1 Å². The molecule has 3 rings (SSSR count). The first-order valence-corrected chi connectivity index (χ1v) is 8.38. The van der Waals surface area contributed by atoms with E-state index in [1.54, 1.807) is 0 Å². The average Bonchev–Trinajstić information content (AvgIpc) is 2.57. The van der Waals surface area contributed by atoms with Gasteiger partial charge in [0.1, 0.15) is 6.61 Å². The van der Waals surface area contributed by atoms with E-state index in [4.69, 9.17) is 4.74 Å². The molecule has 0 spiro atoms. The van der Waals surface area contributed by atoms with E-state index in [1.165, 1.54) is 16.7 Å². The fourth-order valence-electron chi connectivity index (χ4n) is 2.46. The van der Waals surface area contributed by atoms with E-state index in [0.717, 1.165) is 16.9 Å². The summed E-state index contributed by atoms with van der Waals surface area (Å²) in [5, 5.41) is 3.26. The van der Waals surface area contributed by atoms with E-state index in [-0.39, 0.29) is 0 Å². The zero-order valence-corrected chi connectivity index (χ0v) is 15.1. The molecule has 0 amide bonds. The van der Waals surface area contributed by atoms with Gasteiger partial charge in [-0.2, -0.15) is 4.98 Å². The number of ether oxygens (including phenoxy) is 1. The maximum absolute atomic E-state index is 5.84. The predicted octanol–water partition coefficient (Wildman–Crippen LogP) is 5.03. The Morgan fingerprint density at radius 1 is 0.840 bits per heavy atom. The third-order valence-corrected chi connectivity index (χ3v) is 4.10. The zero-order valence-electron chi connectivity index (χ0n) is 15.1. The first kappa shape index (κ1) is 17.0. The number of aryl methyl sites for hydroxylation is 4. The van der Waals surface area contributed by atoms with Crippen LogP contribution in [0.25, 0.3) is 0 Å². The predicted molar refractivity (Wildman–Crippen MR) is 101 cm³/mol. The van der Waals surface area contributed by atoms with Gasteiger partial charge in [0, 0.05) is 17.4 Å². The van der Waals surface area contributed by atoms with Gasteiger partial charge in [-0.1, -0.05) is 35.9 Å². The Balaban J connectivity index is 1.73. The van der Waals surface area contributed by atoms with Crippen molar-refractivity contribution in [3.05, 3.63) is 76.5 Å². The number of benzene rings is 2. The van der Waals surface area contributed by atoms with Crippen molar-refractivity contribution in [3.8, 4) is 5.88 Å². The monoisotopic (exact) mass is 333 g/mol. The summed E-state index contributed by atoms with van der Waals surface area (Å²) in [5.41, 5.74) is 6.68. The molecule has 0 unspecified atom stereocenters. The molecule has 0 atom stereocenters. The van der Waals surface area contributed by atoms with Crippen LogP contribution in [0.1, 0.15) is 27.9 Å². The molecule has 4 heteroatoms. The highest BCUT2D eigenvalue weighted by atomic mass is 16.5. The van der Waals surface area contributed by atoms with E-state index < -0.39 is 0 Å². The molecule has 0 aliphatic rings. The van der Waals surface area contributed by atoms with E-state index in [9.17, 15) is 0 Å². The van der Waals surface area contributed by atoms with Crippen LogP contribution in [0.15, 0.2) is 48.5 Å². The standard InChI is InChI=1S/C21H23N3O/c1-14-5-8-18(9-6-14)13-25-20-12-17(4)22-21(24-20)23-19-10-7-15(2)16(3)11-19/h5-12H,13H2,1-4H3,(H,22,23,24). The van der Waals surface area contributed by atoms with Gasteiger partial charge in [-0.25, -0.2) is 4.98 Å². The van der Waals surface area contributed by atoms with Gasteiger partial charge in [-0.05, 0) is 56.5 Å². The summed E-state index contributed by atoms with van der Waals surface area (Å²) < 4.78 is 5.84. The molecule has 1 aromatic heterocycles. The van der Waals surface area contributed by atoms with Gasteiger partial charge in [0.15, 0.2) is 0 Å². The molecule has 2 aromatic carbocycles. The Hall–Kier alpha value is -2.88. The fraction of sp³-hybridized carbons (Fsp3) is 0.238. The molecule has 0 aliphatic heterocycles. The lowest BCUT2D eigenvalue weighted by molar-refractivity contribution is 0.293. The summed E-state index contributed by atoms with van der Waals surface area (Å²) in [7, 11) is 0. The molecule has 1 heterocycles. The smallest absolute Gasteiger partial charge is 0.230 e. The van der Waals surface area contributed by atoms with Gasteiger partial charge >= 0.3 is 0 Å². The summed E-state index contributed by atoms with van der Waals surface area (Å²) in [6.07, 6.45) is 0. The first-order valence-electron chi connectivity index (χ1n) is 8.38. The van der Waals surface area contributed by atoms with E-state index in [0.29, 0.717) is 18.4 Å². The van der Waals surface area contributed by atoms with Gasteiger partial charge in [0.2, 0.25) is 11.8 Å². The Morgan fingerprint density at radius 2 is 1.60 bits per heavy atom. The van der Waals surface area contributed by atoms with Gasteiger partial charge in [0.25, 0.3) is 0 Å². The molecule has 0 radical (unpaired) electrons. The van der Waals surface area contributed by atoms with Crippen molar-refractivity contribution in [1.29, 1.82) is 0 Å². The highest BCUT2D eigenvalue weighted by Crippen LogP contribution is 2.20. The minimum absolute atomic E-state index is 0.486. The van der Waals surface area contributed by atoms with E-state index in [1.807, 2.05) is 19.1 Å². The summed E-state index contributed by atoms with van der Waals surface area (Å²) in [5.74, 6) is 1.11. The van der Waals surface area contributed by atoms with Gasteiger partial charge in [-0.3, -0.25) is 0 Å². The number of anilines is 2. The average molecular weight is 333 g/mol. The lowest BCUT2D eigenvalue weighted by Crippen LogP contribution is -2.03. The third kappa shape index (κ3) is 4.57. The maximum atomic E-state index is 5.84. The third-order valence-electron chi connectivity index (χ3n) is 4.10. The van der Waals surface area contributed by atoms with Crippen LogP contribution < -0.4 is 10.1 Å². The summed E-state index contributed by atoms with van der Waals surface area (Å²) in [6.45, 7) is 8.68. The van der Waals surface area contributed by atoms with E-state index in [2.05, 4.69) is 72.5 Å². The fourth-order valence-corrected chi connectivity index (χ4v) is 2.46. The zero-order chi connectivity index (χ0) is 17.8. The SMILES string of the molecule is Cc1ccc(COc2cc(C)nc(Nc3ccc(C)c(C)c3)n2)cc1. The minimum Gasteiger partial charge on any atom is -0.473 e. The second-order valence-corrected chi connectivity index (χ2v) is 6.37. The molecule has 4 nitrogen and oxygen atoms in total. The quantitative estimate of drug-likeness (QED) is 0.711. The number of hydrogen-bond donors (Lipinski definition) is 1. The van der Waals surface area contributed by atoms with Gasteiger partial charge in [0.05, 0.1) is 0 Å². The molecule has 25 heavy (non-hydrogen) atoms. The van der Waals surface area contributed by atoms with Crippen molar-refractivity contribution in [2.24, 2.45) is 0 Å². The summed E-state index contributed by atoms with van der Waals surface area (Å²) in [6, 6.07) is 16.3. The van der Waals surface area contributed by atoms with Crippen molar-refractivity contribution in [3.63, 3.8) is 0 Å². The van der Waals surface area contributed by atoms with Gasteiger partial charge in [-0.15, -0.1) is 0 Å². The molecule has 0 aliphatic carbocycles.